The Labute approximate surface area is 72.5 Å². The van der Waals surface area contributed by atoms with Crippen LogP contribution >= 0.6 is 0 Å². The van der Waals surface area contributed by atoms with Crippen molar-refractivity contribution in [2.75, 3.05) is 12.4 Å². The van der Waals surface area contributed by atoms with Crippen molar-refractivity contribution in [2.45, 2.75) is 19.1 Å². The van der Waals surface area contributed by atoms with E-state index >= 15 is 0 Å². The average molecular weight is 163 g/mol. The molecule has 1 N–H and O–H groups in total. The summed E-state index contributed by atoms with van der Waals surface area (Å²) in [7, 11) is 1.74. The predicted molar refractivity (Wildman–Crippen MR) is 49.2 cm³/mol. The van der Waals surface area contributed by atoms with Crippen molar-refractivity contribution in [1.29, 1.82) is 0 Å². The molecule has 1 unspecified atom stereocenters. The first-order valence-corrected chi connectivity index (χ1v) is 4.15. The fourth-order valence-electron chi connectivity index (χ4n) is 1.61. The van der Waals surface area contributed by atoms with Gasteiger partial charge in [0, 0.05) is 19.2 Å². The van der Waals surface area contributed by atoms with Gasteiger partial charge in [-0.3, -0.25) is 0 Å². The van der Waals surface area contributed by atoms with Gasteiger partial charge in [-0.05, 0) is 18.6 Å². The normalized spacial score (nSPS) is 26.5. The van der Waals surface area contributed by atoms with Crippen molar-refractivity contribution in [3.8, 4) is 0 Å². The summed E-state index contributed by atoms with van der Waals surface area (Å²) < 4.78 is 5.37. The number of ether oxygens (including phenoxy) is 1. The minimum atomic E-state index is -0.205. The molecule has 0 bridgehead atoms. The van der Waals surface area contributed by atoms with Crippen LogP contribution in [0, 0.1) is 0 Å². The van der Waals surface area contributed by atoms with E-state index in [0.717, 1.165) is 6.42 Å². The second kappa shape index (κ2) is 2.49. The molecule has 0 aliphatic carbocycles. The molecular formula is C10H13NO. The minimum absolute atomic E-state index is 0.205. The molecule has 0 amide bonds. The number of methoxy groups -OCH3 is 1. The third kappa shape index (κ3) is 1.08. The topological polar surface area (TPSA) is 21.3 Å². The Morgan fingerprint density at radius 2 is 2.17 bits per heavy atom. The SMILES string of the molecule is COC1(C)Cc2ccccc2N1. The monoisotopic (exact) mass is 163 g/mol. The lowest BCUT2D eigenvalue weighted by Crippen LogP contribution is -2.34. The summed E-state index contributed by atoms with van der Waals surface area (Å²) in [6, 6.07) is 8.31. The number of rotatable bonds is 1. The Balaban J connectivity index is 2.33. The van der Waals surface area contributed by atoms with Gasteiger partial charge in [0.1, 0.15) is 5.72 Å². The minimum Gasteiger partial charge on any atom is -0.359 e. The number of hydrogen-bond acceptors (Lipinski definition) is 2. The molecule has 0 saturated heterocycles. The van der Waals surface area contributed by atoms with Gasteiger partial charge >= 0.3 is 0 Å². The first-order chi connectivity index (χ1) is 5.73. The summed E-state index contributed by atoms with van der Waals surface area (Å²) >= 11 is 0. The molecule has 0 spiro atoms. The van der Waals surface area contributed by atoms with Crippen molar-refractivity contribution in [2.24, 2.45) is 0 Å². The molecule has 0 saturated carbocycles. The highest BCUT2D eigenvalue weighted by molar-refractivity contribution is 5.57. The van der Waals surface area contributed by atoms with E-state index in [1.165, 1.54) is 11.3 Å². The fraction of sp³-hybridized carbons (Fsp3) is 0.400. The van der Waals surface area contributed by atoms with Crippen LogP contribution in [-0.4, -0.2) is 12.8 Å². The number of fused-ring (bicyclic) bond motifs is 1. The summed E-state index contributed by atoms with van der Waals surface area (Å²) in [5.74, 6) is 0. The third-order valence-corrected chi connectivity index (χ3v) is 2.39. The molecular weight excluding hydrogens is 150 g/mol. The summed E-state index contributed by atoms with van der Waals surface area (Å²) in [4.78, 5) is 0. The molecule has 1 aliphatic rings. The Morgan fingerprint density at radius 1 is 1.42 bits per heavy atom. The maximum absolute atomic E-state index is 5.37. The molecule has 2 nitrogen and oxygen atoms in total. The molecule has 1 aliphatic heterocycles. The lowest BCUT2D eigenvalue weighted by molar-refractivity contribution is 0.0377. The Bertz CT molecular complexity index is 271. The molecule has 0 aromatic heterocycles. The first kappa shape index (κ1) is 7.62. The fourth-order valence-corrected chi connectivity index (χ4v) is 1.61. The van der Waals surface area contributed by atoms with E-state index < -0.39 is 0 Å². The second-order valence-electron chi connectivity index (χ2n) is 3.39. The lowest BCUT2D eigenvalue weighted by atomic mass is 10.1. The maximum atomic E-state index is 5.37. The molecule has 1 heterocycles. The summed E-state index contributed by atoms with van der Waals surface area (Å²) in [5.41, 5.74) is 2.33. The van der Waals surface area contributed by atoms with Crippen molar-refractivity contribution in [3.05, 3.63) is 29.8 Å². The number of para-hydroxylation sites is 1. The van der Waals surface area contributed by atoms with Crippen LogP contribution in [0.2, 0.25) is 0 Å². The van der Waals surface area contributed by atoms with Gasteiger partial charge in [0.15, 0.2) is 0 Å². The van der Waals surface area contributed by atoms with Gasteiger partial charge in [0.05, 0.1) is 0 Å². The second-order valence-corrected chi connectivity index (χ2v) is 3.39. The molecule has 64 valence electrons. The Morgan fingerprint density at radius 3 is 2.83 bits per heavy atom. The van der Waals surface area contributed by atoms with Gasteiger partial charge < -0.3 is 10.1 Å². The third-order valence-electron chi connectivity index (χ3n) is 2.39. The van der Waals surface area contributed by atoms with Crippen LogP contribution in [0.3, 0.4) is 0 Å². The molecule has 2 heteroatoms. The zero-order valence-electron chi connectivity index (χ0n) is 7.42. The van der Waals surface area contributed by atoms with E-state index in [1.54, 1.807) is 7.11 Å². The smallest absolute Gasteiger partial charge is 0.139 e. The highest BCUT2D eigenvalue weighted by atomic mass is 16.5. The Hall–Kier alpha value is -1.02. The highest BCUT2D eigenvalue weighted by Crippen LogP contribution is 2.31. The summed E-state index contributed by atoms with van der Waals surface area (Å²) in [5, 5.41) is 3.34. The first-order valence-electron chi connectivity index (χ1n) is 4.15. The van der Waals surface area contributed by atoms with Crippen LogP contribution in [-0.2, 0) is 11.2 Å². The van der Waals surface area contributed by atoms with Crippen LogP contribution in [0.15, 0.2) is 24.3 Å². The molecule has 0 fully saturated rings. The van der Waals surface area contributed by atoms with Crippen molar-refractivity contribution in [1.82, 2.24) is 0 Å². The summed E-state index contributed by atoms with van der Waals surface area (Å²) in [6.45, 7) is 2.06. The largest absolute Gasteiger partial charge is 0.359 e. The summed E-state index contributed by atoms with van der Waals surface area (Å²) in [6.07, 6.45) is 0.944. The highest BCUT2D eigenvalue weighted by Gasteiger charge is 2.31. The van der Waals surface area contributed by atoms with Gasteiger partial charge in [-0.1, -0.05) is 18.2 Å². The zero-order chi connectivity index (χ0) is 8.60. The van der Waals surface area contributed by atoms with Crippen molar-refractivity contribution in [3.63, 3.8) is 0 Å². The number of hydrogen-bond donors (Lipinski definition) is 1. The zero-order valence-corrected chi connectivity index (χ0v) is 7.42. The van der Waals surface area contributed by atoms with Crippen LogP contribution in [0.4, 0.5) is 5.69 Å². The van der Waals surface area contributed by atoms with E-state index in [2.05, 4.69) is 30.4 Å². The van der Waals surface area contributed by atoms with Gasteiger partial charge in [-0.15, -0.1) is 0 Å². The molecule has 1 aromatic carbocycles. The lowest BCUT2D eigenvalue weighted by Gasteiger charge is -2.22. The van der Waals surface area contributed by atoms with Crippen molar-refractivity contribution >= 4 is 5.69 Å². The van der Waals surface area contributed by atoms with Gasteiger partial charge in [-0.2, -0.15) is 0 Å². The van der Waals surface area contributed by atoms with Gasteiger partial charge in [0.25, 0.3) is 0 Å². The van der Waals surface area contributed by atoms with E-state index in [-0.39, 0.29) is 5.72 Å². The van der Waals surface area contributed by atoms with Gasteiger partial charge in [0.2, 0.25) is 0 Å². The van der Waals surface area contributed by atoms with Crippen LogP contribution < -0.4 is 5.32 Å². The van der Waals surface area contributed by atoms with E-state index in [0.29, 0.717) is 0 Å². The molecule has 1 atom stereocenters. The predicted octanol–water partition coefficient (Wildman–Crippen LogP) is 2.02. The molecule has 12 heavy (non-hydrogen) atoms. The van der Waals surface area contributed by atoms with E-state index in [4.69, 9.17) is 4.74 Å². The van der Waals surface area contributed by atoms with Crippen molar-refractivity contribution < 1.29 is 4.74 Å². The molecule has 0 radical (unpaired) electrons. The standard InChI is InChI=1S/C10H13NO/c1-10(12-2)7-8-5-3-4-6-9(8)11-10/h3-6,11H,7H2,1-2H3. The number of benzene rings is 1. The van der Waals surface area contributed by atoms with E-state index in [9.17, 15) is 0 Å². The molecule has 1 aromatic rings. The number of anilines is 1. The van der Waals surface area contributed by atoms with Crippen LogP contribution in [0.1, 0.15) is 12.5 Å². The average Bonchev–Trinajstić information content (AvgIpc) is 2.42. The quantitative estimate of drug-likeness (QED) is 0.683. The van der Waals surface area contributed by atoms with E-state index in [1.807, 2.05) is 6.07 Å². The molecule has 2 rings (SSSR count). The Kier molecular flexibility index (Phi) is 1.58. The van der Waals surface area contributed by atoms with Gasteiger partial charge in [-0.25, -0.2) is 0 Å². The van der Waals surface area contributed by atoms with Crippen LogP contribution in [0.5, 0.6) is 0 Å². The maximum Gasteiger partial charge on any atom is 0.139 e. The number of nitrogens with one attached hydrogen (secondary N) is 1. The van der Waals surface area contributed by atoms with Crippen LogP contribution in [0.25, 0.3) is 0 Å².